The minimum Gasteiger partial charge on any atom is -0.496 e. The molecular formula is C24H22ClN5O5. The van der Waals surface area contributed by atoms with Gasteiger partial charge >= 0.3 is 6.01 Å². The summed E-state index contributed by atoms with van der Waals surface area (Å²) in [5, 5.41) is 9.99. The van der Waals surface area contributed by atoms with Crippen molar-refractivity contribution in [1.29, 1.82) is 0 Å². The van der Waals surface area contributed by atoms with Crippen LogP contribution in [0.15, 0.2) is 34.9 Å². The molecule has 10 nitrogen and oxygen atoms in total. The zero-order valence-electron chi connectivity index (χ0n) is 19.1. The van der Waals surface area contributed by atoms with Crippen LogP contribution in [0.25, 0.3) is 11.4 Å². The van der Waals surface area contributed by atoms with Crippen molar-refractivity contribution in [1.82, 2.24) is 20.4 Å². The molecule has 0 bridgehead atoms. The van der Waals surface area contributed by atoms with Crippen molar-refractivity contribution in [3.8, 4) is 17.1 Å². The standard InChI is InChI=1S/C24H22ClN5O5/c1-12-7-19(34-2)16(9-17(12)25)21-28-24(35-29-21)26-10-13-3-4-15-14(8-13)11-30(23(15)33)18-5-6-20(31)27-22(18)32/h3-4,7-9,18H,5-6,10-11H2,1-2H3,(H,26,28,29)(H,27,31,32). The van der Waals surface area contributed by atoms with E-state index in [0.717, 1.165) is 16.7 Å². The van der Waals surface area contributed by atoms with Gasteiger partial charge in [0.1, 0.15) is 11.8 Å². The van der Waals surface area contributed by atoms with Crippen LogP contribution in [0.5, 0.6) is 5.75 Å². The van der Waals surface area contributed by atoms with E-state index in [1.54, 1.807) is 19.2 Å². The molecule has 2 N–H and O–H groups in total. The lowest BCUT2D eigenvalue weighted by molar-refractivity contribution is -0.136. The first-order valence-corrected chi connectivity index (χ1v) is 11.4. The number of nitrogens with one attached hydrogen (secondary N) is 2. The number of nitrogens with zero attached hydrogens (tertiary/aromatic N) is 3. The second kappa shape index (κ2) is 9.03. The zero-order valence-corrected chi connectivity index (χ0v) is 19.8. The molecule has 3 aromatic rings. The highest BCUT2D eigenvalue weighted by molar-refractivity contribution is 6.31. The first kappa shape index (κ1) is 22.9. The summed E-state index contributed by atoms with van der Waals surface area (Å²) in [5.74, 6) is -0.0186. The van der Waals surface area contributed by atoms with Crippen LogP contribution in [0.1, 0.15) is 39.9 Å². The van der Waals surface area contributed by atoms with Gasteiger partial charge in [0.15, 0.2) is 0 Å². The summed E-state index contributed by atoms with van der Waals surface area (Å²) in [5.41, 5.74) is 3.77. The number of aryl methyl sites for hydroxylation is 1. The van der Waals surface area contributed by atoms with Gasteiger partial charge in [-0.15, -0.1) is 0 Å². The summed E-state index contributed by atoms with van der Waals surface area (Å²) in [6.45, 7) is 2.58. The van der Waals surface area contributed by atoms with Crippen molar-refractivity contribution in [3.63, 3.8) is 0 Å². The van der Waals surface area contributed by atoms with Gasteiger partial charge in [0.2, 0.25) is 17.6 Å². The monoisotopic (exact) mass is 495 g/mol. The second-order valence-corrected chi connectivity index (χ2v) is 8.88. The largest absolute Gasteiger partial charge is 0.496 e. The van der Waals surface area contributed by atoms with Gasteiger partial charge in [0.05, 0.1) is 12.7 Å². The first-order valence-electron chi connectivity index (χ1n) is 11.0. The Bertz CT molecular complexity index is 1350. The van der Waals surface area contributed by atoms with Crippen LogP contribution in [-0.4, -0.2) is 45.9 Å². The van der Waals surface area contributed by atoms with E-state index in [4.69, 9.17) is 20.9 Å². The fraction of sp³-hybridized carbons (Fsp3) is 0.292. The average Bonchev–Trinajstić information content (AvgIpc) is 3.44. The number of hydrogen-bond donors (Lipinski definition) is 2. The molecule has 5 rings (SSSR count). The molecule has 3 amide bonds. The Kier molecular flexibility index (Phi) is 5.89. The molecule has 0 aliphatic carbocycles. The molecule has 1 saturated heterocycles. The van der Waals surface area contributed by atoms with Crippen molar-refractivity contribution in [3.05, 3.63) is 57.6 Å². The maximum Gasteiger partial charge on any atom is 0.322 e. The number of hydrogen-bond acceptors (Lipinski definition) is 8. The molecule has 1 unspecified atom stereocenters. The van der Waals surface area contributed by atoms with E-state index in [9.17, 15) is 14.4 Å². The Morgan fingerprint density at radius 1 is 1.23 bits per heavy atom. The van der Waals surface area contributed by atoms with Crippen LogP contribution < -0.4 is 15.4 Å². The Morgan fingerprint density at radius 3 is 2.83 bits per heavy atom. The zero-order chi connectivity index (χ0) is 24.7. The predicted molar refractivity (Wildman–Crippen MR) is 126 cm³/mol. The number of ether oxygens (including phenoxy) is 1. The van der Waals surface area contributed by atoms with Crippen LogP contribution in [0, 0.1) is 6.92 Å². The molecule has 2 aliphatic heterocycles. The van der Waals surface area contributed by atoms with Crippen molar-refractivity contribution in [2.75, 3.05) is 12.4 Å². The van der Waals surface area contributed by atoms with E-state index in [-0.39, 0.29) is 24.2 Å². The van der Waals surface area contributed by atoms with Crippen molar-refractivity contribution >= 4 is 35.3 Å². The number of methoxy groups -OCH3 is 1. The Labute approximate surface area is 205 Å². The minimum atomic E-state index is -0.641. The highest BCUT2D eigenvalue weighted by Gasteiger charge is 2.39. The number of carbonyl (C=O) groups excluding carboxylic acids is 3. The molecule has 2 aromatic carbocycles. The van der Waals surface area contributed by atoms with Gasteiger partial charge in [0.25, 0.3) is 5.91 Å². The van der Waals surface area contributed by atoms with Gasteiger partial charge in [-0.2, -0.15) is 4.98 Å². The van der Waals surface area contributed by atoms with E-state index in [1.165, 1.54) is 4.90 Å². The molecule has 1 fully saturated rings. The molecule has 2 aliphatic rings. The molecule has 0 spiro atoms. The smallest absolute Gasteiger partial charge is 0.322 e. The van der Waals surface area contributed by atoms with Crippen LogP contribution in [-0.2, 0) is 22.7 Å². The highest BCUT2D eigenvalue weighted by Crippen LogP contribution is 2.34. The number of amides is 3. The minimum absolute atomic E-state index is 0.207. The first-order chi connectivity index (χ1) is 16.8. The van der Waals surface area contributed by atoms with Gasteiger partial charge in [-0.3, -0.25) is 19.7 Å². The number of piperidine rings is 1. The molecular weight excluding hydrogens is 474 g/mol. The number of benzene rings is 2. The van der Waals surface area contributed by atoms with Crippen LogP contribution in [0.3, 0.4) is 0 Å². The van der Waals surface area contributed by atoms with E-state index < -0.39 is 11.9 Å². The summed E-state index contributed by atoms with van der Waals surface area (Å²) in [4.78, 5) is 42.4. The third-order valence-corrected chi connectivity index (χ3v) is 6.59. The number of anilines is 1. The summed E-state index contributed by atoms with van der Waals surface area (Å²) in [7, 11) is 1.56. The lowest BCUT2D eigenvalue weighted by Crippen LogP contribution is -2.52. The Hall–Kier alpha value is -3.92. The summed E-state index contributed by atoms with van der Waals surface area (Å²) < 4.78 is 10.7. The number of rotatable bonds is 6. The highest BCUT2D eigenvalue weighted by atomic mass is 35.5. The van der Waals surface area contributed by atoms with Crippen molar-refractivity contribution in [2.24, 2.45) is 0 Å². The topological polar surface area (TPSA) is 127 Å². The predicted octanol–water partition coefficient (Wildman–Crippen LogP) is 3.08. The summed E-state index contributed by atoms with van der Waals surface area (Å²) in [6.07, 6.45) is 0.549. The van der Waals surface area contributed by atoms with Crippen LogP contribution in [0.4, 0.5) is 6.01 Å². The van der Waals surface area contributed by atoms with Crippen molar-refractivity contribution < 1.29 is 23.6 Å². The Morgan fingerprint density at radius 2 is 2.06 bits per heavy atom. The van der Waals surface area contributed by atoms with Gasteiger partial charge in [-0.1, -0.05) is 28.9 Å². The maximum atomic E-state index is 12.8. The molecule has 0 radical (unpaired) electrons. The normalized spacial score (nSPS) is 17.4. The summed E-state index contributed by atoms with van der Waals surface area (Å²) in [6, 6.07) is 8.61. The lowest BCUT2D eigenvalue weighted by atomic mass is 10.0. The number of carbonyl (C=O) groups is 3. The fourth-order valence-electron chi connectivity index (χ4n) is 4.32. The number of imide groups is 1. The van der Waals surface area contributed by atoms with Gasteiger partial charge in [0, 0.05) is 30.1 Å². The number of aromatic nitrogens is 2. The van der Waals surface area contributed by atoms with Gasteiger partial charge < -0.3 is 19.5 Å². The third-order valence-electron chi connectivity index (χ3n) is 6.18. The van der Waals surface area contributed by atoms with E-state index in [0.29, 0.717) is 47.2 Å². The third kappa shape index (κ3) is 4.32. The van der Waals surface area contributed by atoms with E-state index in [1.807, 2.05) is 25.1 Å². The van der Waals surface area contributed by atoms with Crippen LogP contribution in [0.2, 0.25) is 5.02 Å². The SMILES string of the molecule is COc1cc(C)c(Cl)cc1-c1noc(NCc2ccc3c(c2)CN(C2CCC(=O)NC2=O)C3=O)n1. The molecule has 0 saturated carbocycles. The van der Waals surface area contributed by atoms with E-state index >= 15 is 0 Å². The van der Waals surface area contributed by atoms with Gasteiger partial charge in [-0.05, 0) is 48.2 Å². The van der Waals surface area contributed by atoms with Crippen molar-refractivity contribution in [2.45, 2.75) is 38.9 Å². The average molecular weight is 496 g/mol. The molecule has 180 valence electrons. The number of halogens is 1. The maximum absolute atomic E-state index is 12.8. The molecule has 3 heterocycles. The van der Waals surface area contributed by atoms with E-state index in [2.05, 4.69) is 20.8 Å². The lowest BCUT2D eigenvalue weighted by Gasteiger charge is -2.29. The van der Waals surface area contributed by atoms with Gasteiger partial charge in [-0.25, -0.2) is 0 Å². The molecule has 1 aromatic heterocycles. The Balaban J connectivity index is 1.28. The summed E-state index contributed by atoms with van der Waals surface area (Å²) >= 11 is 6.25. The fourth-order valence-corrected chi connectivity index (χ4v) is 4.48. The molecule has 11 heteroatoms. The van der Waals surface area contributed by atoms with Crippen LogP contribution >= 0.6 is 11.6 Å². The molecule has 35 heavy (non-hydrogen) atoms. The second-order valence-electron chi connectivity index (χ2n) is 8.47. The molecule has 1 atom stereocenters. The quantitative estimate of drug-likeness (QED) is 0.499. The number of fused-ring (bicyclic) bond motifs is 1.